The predicted octanol–water partition coefficient (Wildman–Crippen LogP) is 3.01. The van der Waals surface area contributed by atoms with Gasteiger partial charge in [0.05, 0.1) is 0 Å². The van der Waals surface area contributed by atoms with Gasteiger partial charge in [-0.1, -0.05) is 12.1 Å². The van der Waals surface area contributed by atoms with Crippen molar-refractivity contribution in [3.05, 3.63) is 29.3 Å². The monoisotopic (exact) mass is 255 g/mol. The van der Waals surface area contributed by atoms with Crippen LogP contribution in [0.1, 0.15) is 42.9 Å². The molecule has 5 atom stereocenters. The number of rotatable bonds is 2. The standard InChI is InChI=1S/C17H21NO/c19-14-3-1-2-11-12(14)6-7-13(11)18-17-15-9-4-5-10(8-9)16(15)17/h1-3,9-10,13,15-19H,4-8H2. The molecule has 0 saturated heterocycles. The Balaban J connectivity index is 1.37. The maximum Gasteiger partial charge on any atom is 0.119 e. The zero-order valence-electron chi connectivity index (χ0n) is 11.2. The summed E-state index contributed by atoms with van der Waals surface area (Å²) in [6, 6.07) is 7.31. The summed E-state index contributed by atoms with van der Waals surface area (Å²) in [5, 5.41) is 13.9. The maximum absolute atomic E-state index is 9.93. The highest BCUT2D eigenvalue weighted by molar-refractivity contribution is 5.44. The van der Waals surface area contributed by atoms with Crippen LogP contribution in [0, 0.1) is 23.7 Å². The van der Waals surface area contributed by atoms with Crippen molar-refractivity contribution in [3.8, 4) is 5.75 Å². The molecule has 19 heavy (non-hydrogen) atoms. The van der Waals surface area contributed by atoms with E-state index in [-0.39, 0.29) is 0 Å². The lowest BCUT2D eigenvalue weighted by atomic mass is 10.0. The largest absolute Gasteiger partial charge is 0.508 e. The topological polar surface area (TPSA) is 32.3 Å². The second-order valence-corrected chi connectivity index (χ2v) is 7.12. The van der Waals surface area contributed by atoms with E-state index < -0.39 is 0 Å². The minimum absolute atomic E-state index is 0.497. The van der Waals surface area contributed by atoms with Crippen LogP contribution in [0.2, 0.25) is 0 Å². The highest BCUT2D eigenvalue weighted by atomic mass is 16.3. The van der Waals surface area contributed by atoms with Crippen molar-refractivity contribution in [1.82, 2.24) is 5.32 Å². The van der Waals surface area contributed by atoms with Gasteiger partial charge >= 0.3 is 0 Å². The Labute approximate surface area is 114 Å². The third kappa shape index (κ3) is 1.36. The molecule has 2 heteroatoms. The number of hydrogen-bond donors (Lipinski definition) is 2. The van der Waals surface area contributed by atoms with E-state index in [9.17, 15) is 5.11 Å². The van der Waals surface area contributed by atoms with E-state index in [4.69, 9.17) is 0 Å². The van der Waals surface area contributed by atoms with Crippen LogP contribution >= 0.6 is 0 Å². The fraction of sp³-hybridized carbons (Fsp3) is 0.647. The van der Waals surface area contributed by atoms with Crippen molar-refractivity contribution in [2.24, 2.45) is 23.7 Å². The molecule has 3 saturated carbocycles. The molecule has 3 fully saturated rings. The molecular formula is C17H21NO. The maximum atomic E-state index is 9.93. The number of phenolic OH excluding ortho intramolecular Hbond substituents is 1. The van der Waals surface area contributed by atoms with Gasteiger partial charge < -0.3 is 10.4 Å². The molecule has 4 aliphatic rings. The summed E-state index contributed by atoms with van der Waals surface area (Å²) in [6.07, 6.45) is 6.71. The molecule has 0 aliphatic heterocycles. The summed E-state index contributed by atoms with van der Waals surface area (Å²) in [4.78, 5) is 0. The molecule has 0 aromatic heterocycles. The first-order chi connectivity index (χ1) is 9.33. The van der Waals surface area contributed by atoms with Crippen LogP contribution in [0.3, 0.4) is 0 Å². The average molecular weight is 255 g/mol. The fourth-order valence-electron chi connectivity index (χ4n) is 5.59. The first-order valence-electron chi connectivity index (χ1n) is 7.90. The molecule has 5 rings (SSSR count). The van der Waals surface area contributed by atoms with Crippen LogP contribution in [0.25, 0.3) is 0 Å². The normalized spacial score (nSPS) is 45.3. The Morgan fingerprint density at radius 3 is 2.63 bits per heavy atom. The van der Waals surface area contributed by atoms with Gasteiger partial charge in [-0.05, 0) is 73.0 Å². The zero-order chi connectivity index (χ0) is 12.6. The van der Waals surface area contributed by atoms with E-state index >= 15 is 0 Å². The van der Waals surface area contributed by atoms with Gasteiger partial charge in [0.15, 0.2) is 0 Å². The minimum Gasteiger partial charge on any atom is -0.508 e. The first kappa shape index (κ1) is 10.7. The Kier molecular flexibility index (Phi) is 2.00. The first-order valence-corrected chi connectivity index (χ1v) is 7.90. The van der Waals surface area contributed by atoms with E-state index in [0.29, 0.717) is 11.8 Å². The smallest absolute Gasteiger partial charge is 0.119 e. The third-order valence-corrected chi connectivity index (χ3v) is 6.37. The fourth-order valence-corrected chi connectivity index (χ4v) is 5.59. The molecule has 5 unspecified atom stereocenters. The Morgan fingerprint density at radius 1 is 1.05 bits per heavy atom. The molecule has 2 N–H and O–H groups in total. The van der Waals surface area contributed by atoms with Crippen LogP contribution in [-0.4, -0.2) is 11.1 Å². The van der Waals surface area contributed by atoms with Gasteiger partial charge in [-0.3, -0.25) is 0 Å². The van der Waals surface area contributed by atoms with E-state index in [1.165, 1.54) is 30.4 Å². The summed E-state index contributed by atoms with van der Waals surface area (Å²) >= 11 is 0. The summed E-state index contributed by atoms with van der Waals surface area (Å²) < 4.78 is 0. The van der Waals surface area contributed by atoms with Gasteiger partial charge in [-0.25, -0.2) is 0 Å². The number of phenols is 1. The molecule has 2 bridgehead atoms. The van der Waals surface area contributed by atoms with Crippen molar-refractivity contribution in [2.45, 2.75) is 44.2 Å². The van der Waals surface area contributed by atoms with Gasteiger partial charge in [0.2, 0.25) is 0 Å². The highest BCUT2D eigenvalue weighted by Gasteiger charge is 2.65. The number of hydrogen-bond acceptors (Lipinski definition) is 2. The van der Waals surface area contributed by atoms with Crippen LogP contribution < -0.4 is 5.32 Å². The molecule has 100 valence electrons. The van der Waals surface area contributed by atoms with Gasteiger partial charge in [0, 0.05) is 12.1 Å². The minimum atomic E-state index is 0.497. The van der Waals surface area contributed by atoms with Crippen molar-refractivity contribution in [2.75, 3.05) is 0 Å². The number of aromatic hydroxyl groups is 1. The van der Waals surface area contributed by atoms with Crippen LogP contribution in [-0.2, 0) is 6.42 Å². The Hall–Kier alpha value is -1.02. The molecule has 2 nitrogen and oxygen atoms in total. The average Bonchev–Trinajstić information content (AvgIpc) is 2.81. The lowest BCUT2D eigenvalue weighted by Crippen LogP contribution is -2.26. The quantitative estimate of drug-likeness (QED) is 0.851. The van der Waals surface area contributed by atoms with Gasteiger partial charge in [-0.15, -0.1) is 0 Å². The molecule has 0 spiro atoms. The van der Waals surface area contributed by atoms with E-state index in [0.717, 1.165) is 42.6 Å². The summed E-state index contributed by atoms with van der Waals surface area (Å²) in [5.41, 5.74) is 2.55. The molecule has 0 amide bonds. The van der Waals surface area contributed by atoms with Gasteiger partial charge in [0.1, 0.15) is 5.75 Å². The number of benzene rings is 1. The van der Waals surface area contributed by atoms with Gasteiger partial charge in [0.25, 0.3) is 0 Å². The number of fused-ring (bicyclic) bond motifs is 6. The highest BCUT2D eigenvalue weighted by Crippen LogP contribution is 2.66. The summed E-state index contributed by atoms with van der Waals surface area (Å²) in [5.74, 6) is 4.58. The van der Waals surface area contributed by atoms with Crippen molar-refractivity contribution in [1.29, 1.82) is 0 Å². The van der Waals surface area contributed by atoms with E-state index in [2.05, 4.69) is 11.4 Å². The predicted molar refractivity (Wildman–Crippen MR) is 73.9 cm³/mol. The van der Waals surface area contributed by atoms with E-state index in [1.54, 1.807) is 0 Å². The molecule has 4 aliphatic carbocycles. The van der Waals surface area contributed by atoms with Crippen LogP contribution in [0.15, 0.2) is 18.2 Å². The summed E-state index contributed by atoms with van der Waals surface area (Å²) in [6.45, 7) is 0. The Bertz CT molecular complexity index is 524. The molecular weight excluding hydrogens is 234 g/mol. The second-order valence-electron chi connectivity index (χ2n) is 7.12. The number of nitrogens with one attached hydrogen (secondary N) is 1. The molecule has 1 aromatic rings. The zero-order valence-corrected chi connectivity index (χ0v) is 11.2. The Morgan fingerprint density at radius 2 is 1.84 bits per heavy atom. The molecule has 0 heterocycles. The lowest BCUT2D eigenvalue weighted by Gasteiger charge is -2.17. The van der Waals surface area contributed by atoms with Crippen molar-refractivity contribution >= 4 is 0 Å². The van der Waals surface area contributed by atoms with Crippen molar-refractivity contribution < 1.29 is 5.11 Å². The van der Waals surface area contributed by atoms with Gasteiger partial charge in [-0.2, -0.15) is 0 Å². The van der Waals surface area contributed by atoms with Crippen molar-refractivity contribution in [3.63, 3.8) is 0 Å². The SMILES string of the molecule is Oc1cccc2c1CCC2NC1C2C3CCC(C3)C12. The molecule has 0 radical (unpaired) electrons. The lowest BCUT2D eigenvalue weighted by molar-refractivity contribution is 0.420. The van der Waals surface area contributed by atoms with Crippen LogP contribution in [0.5, 0.6) is 5.75 Å². The second kappa shape index (κ2) is 3.54. The third-order valence-electron chi connectivity index (χ3n) is 6.37. The van der Waals surface area contributed by atoms with E-state index in [1.807, 2.05) is 12.1 Å². The van der Waals surface area contributed by atoms with Crippen LogP contribution in [0.4, 0.5) is 0 Å². The molecule has 1 aromatic carbocycles. The summed E-state index contributed by atoms with van der Waals surface area (Å²) in [7, 11) is 0.